The van der Waals surface area contributed by atoms with Crippen LogP contribution in [-0.4, -0.2) is 47.8 Å². The maximum Gasteiger partial charge on any atom is 0.275 e. The van der Waals surface area contributed by atoms with Crippen LogP contribution in [0.3, 0.4) is 0 Å². The lowest BCUT2D eigenvalue weighted by Crippen LogP contribution is -2.38. The van der Waals surface area contributed by atoms with Crippen LogP contribution in [0.15, 0.2) is 59.7 Å². The Morgan fingerprint density at radius 2 is 1.97 bits per heavy atom. The van der Waals surface area contributed by atoms with Crippen molar-refractivity contribution >= 4 is 33.2 Å². The number of hydrogen-bond donors (Lipinski definition) is 0. The van der Waals surface area contributed by atoms with Gasteiger partial charge in [0.2, 0.25) is 0 Å². The van der Waals surface area contributed by atoms with Crippen LogP contribution in [0.25, 0.3) is 26.3 Å². The number of fused-ring (bicyclic) bond motifs is 2. The molecule has 0 saturated carbocycles. The van der Waals surface area contributed by atoms with Crippen molar-refractivity contribution in [1.29, 1.82) is 0 Å². The Morgan fingerprint density at radius 1 is 1.16 bits per heavy atom. The van der Waals surface area contributed by atoms with Crippen LogP contribution < -0.4 is 15.0 Å². The van der Waals surface area contributed by atoms with Crippen molar-refractivity contribution < 1.29 is 9.47 Å². The molecule has 0 fully saturated rings. The van der Waals surface area contributed by atoms with Crippen molar-refractivity contribution in [3.63, 3.8) is 0 Å². The van der Waals surface area contributed by atoms with Crippen LogP contribution in [0.2, 0.25) is 5.02 Å². The van der Waals surface area contributed by atoms with E-state index in [-0.39, 0.29) is 11.7 Å². The van der Waals surface area contributed by atoms with Gasteiger partial charge in [0, 0.05) is 22.5 Å². The number of rotatable bonds is 4. The standard InChI is InChI=1S/C23H20ClN3O3S/c1-26(2)11-17-12-29-20-9-16(7-8-19(20)30-17)27-13-25-18-10-21(31-22(18)23(27)28)14-3-5-15(24)6-4-14/h3-10,13,17H,11-12H2,1-2H3. The summed E-state index contributed by atoms with van der Waals surface area (Å²) in [5.41, 5.74) is 2.26. The smallest absolute Gasteiger partial charge is 0.275 e. The molecule has 0 bridgehead atoms. The lowest BCUT2D eigenvalue weighted by molar-refractivity contribution is 0.0710. The second-order valence-corrected chi connectivity index (χ2v) is 9.18. The van der Waals surface area contributed by atoms with Crippen molar-refractivity contribution in [3.05, 3.63) is 70.2 Å². The maximum absolute atomic E-state index is 13.2. The molecule has 158 valence electrons. The molecule has 2 aromatic heterocycles. The molecular formula is C23H20ClN3O3S. The van der Waals surface area contributed by atoms with E-state index in [4.69, 9.17) is 21.1 Å². The molecule has 3 heterocycles. The summed E-state index contributed by atoms with van der Waals surface area (Å²) in [5, 5.41) is 0.678. The van der Waals surface area contributed by atoms with Crippen molar-refractivity contribution in [2.75, 3.05) is 27.2 Å². The van der Waals surface area contributed by atoms with Crippen molar-refractivity contribution in [2.45, 2.75) is 6.10 Å². The van der Waals surface area contributed by atoms with Gasteiger partial charge in [0.25, 0.3) is 5.56 Å². The number of halogens is 1. The van der Waals surface area contributed by atoms with Gasteiger partial charge in [-0.15, -0.1) is 11.3 Å². The third-order valence-electron chi connectivity index (χ3n) is 5.06. The van der Waals surface area contributed by atoms with E-state index in [0.717, 1.165) is 17.0 Å². The highest BCUT2D eigenvalue weighted by atomic mass is 35.5. The zero-order chi connectivity index (χ0) is 21.5. The van der Waals surface area contributed by atoms with Crippen molar-refractivity contribution in [3.8, 4) is 27.6 Å². The van der Waals surface area contributed by atoms with Gasteiger partial charge in [-0.2, -0.15) is 0 Å². The predicted octanol–water partition coefficient (Wildman–Crippen LogP) is 4.47. The molecule has 0 amide bonds. The molecule has 0 saturated heterocycles. The average Bonchev–Trinajstić information content (AvgIpc) is 3.19. The summed E-state index contributed by atoms with van der Waals surface area (Å²) in [5.74, 6) is 1.32. The molecule has 1 aliphatic heterocycles. The zero-order valence-electron chi connectivity index (χ0n) is 17.0. The predicted molar refractivity (Wildman–Crippen MR) is 124 cm³/mol. The first kappa shape index (κ1) is 20.1. The molecule has 1 unspecified atom stereocenters. The summed E-state index contributed by atoms with van der Waals surface area (Å²) in [6.45, 7) is 1.24. The molecule has 2 aromatic carbocycles. The van der Waals surface area contributed by atoms with E-state index in [9.17, 15) is 4.79 Å². The van der Waals surface area contributed by atoms with Crippen LogP contribution in [0.5, 0.6) is 11.5 Å². The van der Waals surface area contributed by atoms with Crippen LogP contribution in [0, 0.1) is 0 Å². The van der Waals surface area contributed by atoms with Crippen LogP contribution in [0.1, 0.15) is 0 Å². The number of thiophene rings is 1. The molecule has 0 spiro atoms. The Bertz CT molecular complexity index is 1310. The highest BCUT2D eigenvalue weighted by Crippen LogP contribution is 2.34. The molecule has 0 radical (unpaired) electrons. The van der Waals surface area contributed by atoms with Crippen LogP contribution >= 0.6 is 22.9 Å². The van der Waals surface area contributed by atoms with Gasteiger partial charge in [-0.1, -0.05) is 23.7 Å². The van der Waals surface area contributed by atoms with Crippen molar-refractivity contribution in [2.24, 2.45) is 0 Å². The first-order valence-electron chi connectivity index (χ1n) is 9.84. The molecule has 8 heteroatoms. The first-order valence-corrected chi connectivity index (χ1v) is 11.0. The van der Waals surface area contributed by atoms with Gasteiger partial charge in [0.05, 0.1) is 11.2 Å². The third kappa shape index (κ3) is 3.92. The van der Waals surface area contributed by atoms with E-state index in [0.29, 0.717) is 39.0 Å². The van der Waals surface area contributed by atoms with E-state index in [1.165, 1.54) is 11.3 Å². The number of nitrogens with zero attached hydrogens (tertiary/aromatic N) is 3. The fourth-order valence-electron chi connectivity index (χ4n) is 3.60. The summed E-state index contributed by atoms with van der Waals surface area (Å²) in [6, 6.07) is 15.0. The molecule has 1 atom stereocenters. The van der Waals surface area contributed by atoms with E-state index in [1.807, 2.05) is 62.6 Å². The molecule has 0 N–H and O–H groups in total. The lowest BCUT2D eigenvalue weighted by atomic mass is 10.2. The molecule has 31 heavy (non-hydrogen) atoms. The summed E-state index contributed by atoms with van der Waals surface area (Å²) in [6.07, 6.45) is 1.54. The minimum absolute atomic E-state index is 0.0218. The normalized spacial score (nSPS) is 15.5. The van der Waals surface area contributed by atoms with Gasteiger partial charge < -0.3 is 14.4 Å². The zero-order valence-corrected chi connectivity index (χ0v) is 18.6. The molecule has 5 rings (SSSR count). The fraction of sp³-hybridized carbons (Fsp3) is 0.217. The molecular weight excluding hydrogens is 434 g/mol. The molecule has 1 aliphatic rings. The maximum atomic E-state index is 13.2. The fourth-order valence-corrected chi connectivity index (χ4v) is 4.78. The SMILES string of the molecule is CN(C)CC1COc2cc(-n3cnc4cc(-c5ccc(Cl)cc5)sc4c3=O)ccc2O1. The monoisotopic (exact) mass is 453 g/mol. The second-order valence-electron chi connectivity index (χ2n) is 7.70. The van der Waals surface area contributed by atoms with Crippen LogP contribution in [0.4, 0.5) is 0 Å². The molecule has 0 aliphatic carbocycles. The van der Waals surface area contributed by atoms with E-state index in [1.54, 1.807) is 10.9 Å². The third-order valence-corrected chi connectivity index (χ3v) is 6.47. The topological polar surface area (TPSA) is 56.6 Å². The highest BCUT2D eigenvalue weighted by molar-refractivity contribution is 7.22. The first-order chi connectivity index (χ1) is 15.0. The lowest BCUT2D eigenvalue weighted by Gasteiger charge is -2.28. The summed E-state index contributed by atoms with van der Waals surface area (Å²) in [7, 11) is 4.00. The van der Waals surface area contributed by atoms with Gasteiger partial charge in [0.1, 0.15) is 23.7 Å². The van der Waals surface area contributed by atoms with Gasteiger partial charge in [0.15, 0.2) is 11.5 Å². The number of likely N-dealkylation sites (N-methyl/N-ethyl adjacent to an activating group) is 1. The van der Waals surface area contributed by atoms with Gasteiger partial charge in [-0.05, 0) is 50.0 Å². The average molecular weight is 454 g/mol. The summed E-state index contributed by atoms with van der Waals surface area (Å²) < 4.78 is 14.1. The molecule has 6 nitrogen and oxygen atoms in total. The molecule has 4 aromatic rings. The Hall–Kier alpha value is -2.87. The minimum atomic E-state index is -0.114. The Balaban J connectivity index is 1.49. The number of benzene rings is 2. The highest BCUT2D eigenvalue weighted by Gasteiger charge is 2.22. The Labute approximate surface area is 188 Å². The second kappa shape index (κ2) is 8.00. The van der Waals surface area contributed by atoms with E-state index in [2.05, 4.69) is 9.88 Å². The summed E-state index contributed by atoms with van der Waals surface area (Å²) >= 11 is 7.42. The number of aromatic nitrogens is 2. The van der Waals surface area contributed by atoms with Gasteiger partial charge >= 0.3 is 0 Å². The van der Waals surface area contributed by atoms with Gasteiger partial charge in [-0.25, -0.2) is 4.98 Å². The van der Waals surface area contributed by atoms with Crippen molar-refractivity contribution in [1.82, 2.24) is 14.5 Å². The minimum Gasteiger partial charge on any atom is -0.486 e. The van der Waals surface area contributed by atoms with E-state index < -0.39 is 0 Å². The Kier molecular flexibility index (Phi) is 5.17. The quantitative estimate of drug-likeness (QED) is 0.456. The van der Waals surface area contributed by atoms with Gasteiger partial charge in [-0.3, -0.25) is 9.36 Å². The largest absolute Gasteiger partial charge is 0.486 e. The summed E-state index contributed by atoms with van der Waals surface area (Å²) in [4.78, 5) is 20.8. The number of hydrogen-bond acceptors (Lipinski definition) is 6. The van der Waals surface area contributed by atoms with E-state index >= 15 is 0 Å². The number of ether oxygens (including phenoxy) is 2. The Morgan fingerprint density at radius 3 is 2.74 bits per heavy atom. The van der Waals surface area contributed by atoms with Crippen LogP contribution in [-0.2, 0) is 0 Å².